The summed E-state index contributed by atoms with van der Waals surface area (Å²) < 4.78 is 25.5. The van der Waals surface area contributed by atoms with E-state index < -0.39 is 10.8 Å². The molecule has 0 saturated heterocycles. The second-order valence-electron chi connectivity index (χ2n) is 4.87. The van der Waals surface area contributed by atoms with E-state index in [1.807, 2.05) is 30.7 Å². The molecule has 112 valence electrons. The first-order chi connectivity index (χ1) is 10.1. The summed E-state index contributed by atoms with van der Waals surface area (Å²) in [5, 5.41) is 8.03. The fourth-order valence-electron chi connectivity index (χ4n) is 2.06. The van der Waals surface area contributed by atoms with Crippen LogP contribution in [0.2, 0.25) is 0 Å². The lowest BCUT2D eigenvalue weighted by Gasteiger charge is -2.09. The van der Waals surface area contributed by atoms with Crippen molar-refractivity contribution in [2.24, 2.45) is 7.05 Å². The molecule has 0 fully saturated rings. The van der Waals surface area contributed by atoms with Gasteiger partial charge >= 0.3 is 0 Å². The van der Waals surface area contributed by atoms with Crippen LogP contribution in [0.15, 0.2) is 23.1 Å². The van der Waals surface area contributed by atoms with E-state index >= 15 is 0 Å². The highest BCUT2D eigenvalue weighted by Gasteiger charge is 2.15. The summed E-state index contributed by atoms with van der Waals surface area (Å²) in [6.07, 6.45) is 0.852. The molecule has 1 aromatic heterocycles. The van der Waals surface area contributed by atoms with E-state index in [9.17, 15) is 4.21 Å². The van der Waals surface area contributed by atoms with E-state index in [1.165, 1.54) is 0 Å². The number of benzene rings is 1. The van der Waals surface area contributed by atoms with Gasteiger partial charge in [0.2, 0.25) is 0 Å². The van der Waals surface area contributed by atoms with Crippen LogP contribution in [0.25, 0.3) is 0 Å². The summed E-state index contributed by atoms with van der Waals surface area (Å²) in [5.41, 5.74) is 0. The van der Waals surface area contributed by atoms with E-state index in [0.29, 0.717) is 41.2 Å². The van der Waals surface area contributed by atoms with E-state index in [2.05, 4.69) is 10.2 Å². The zero-order valence-corrected chi connectivity index (χ0v) is 12.9. The standard InChI is InChI=1S/C14H17N3O3S/c1-10-15-16-14(17(10)2)9-21(18)11-4-5-12-13(8-11)20-7-3-6-19-12/h4-5,8H,3,6-7,9H2,1-2H3. The van der Waals surface area contributed by atoms with Gasteiger partial charge in [0.1, 0.15) is 11.6 Å². The highest BCUT2D eigenvalue weighted by Crippen LogP contribution is 2.31. The van der Waals surface area contributed by atoms with Crippen molar-refractivity contribution in [2.75, 3.05) is 13.2 Å². The van der Waals surface area contributed by atoms with Gasteiger partial charge in [0.05, 0.1) is 29.8 Å². The van der Waals surface area contributed by atoms with E-state index in [-0.39, 0.29) is 0 Å². The maximum Gasteiger partial charge on any atom is 0.162 e. The third-order valence-corrected chi connectivity index (χ3v) is 4.72. The summed E-state index contributed by atoms with van der Waals surface area (Å²) in [6, 6.07) is 5.42. The van der Waals surface area contributed by atoms with E-state index in [1.54, 1.807) is 6.07 Å². The van der Waals surface area contributed by atoms with Crippen LogP contribution >= 0.6 is 0 Å². The molecule has 1 aliphatic heterocycles. The Kier molecular flexibility index (Phi) is 3.92. The molecule has 0 saturated carbocycles. The Hall–Kier alpha value is -1.89. The Labute approximate surface area is 125 Å². The Morgan fingerprint density at radius 2 is 2.00 bits per heavy atom. The minimum atomic E-state index is -1.19. The SMILES string of the molecule is Cc1nnc(CS(=O)c2ccc3c(c2)OCCCO3)n1C. The van der Waals surface area contributed by atoms with Crippen molar-refractivity contribution < 1.29 is 13.7 Å². The van der Waals surface area contributed by atoms with Gasteiger partial charge in [-0.25, -0.2) is 0 Å². The first-order valence-electron chi connectivity index (χ1n) is 6.78. The predicted molar refractivity (Wildman–Crippen MR) is 77.9 cm³/mol. The fraction of sp³-hybridized carbons (Fsp3) is 0.429. The van der Waals surface area contributed by atoms with Gasteiger partial charge in [-0.3, -0.25) is 4.21 Å². The Bertz CT molecular complexity index is 684. The van der Waals surface area contributed by atoms with E-state index in [0.717, 1.165) is 12.2 Å². The molecule has 21 heavy (non-hydrogen) atoms. The van der Waals surface area contributed by atoms with Gasteiger partial charge in [0.15, 0.2) is 11.5 Å². The van der Waals surface area contributed by atoms with Crippen LogP contribution in [0.4, 0.5) is 0 Å². The lowest BCUT2D eigenvalue weighted by molar-refractivity contribution is 0.297. The van der Waals surface area contributed by atoms with Crippen molar-refractivity contribution in [3.05, 3.63) is 29.8 Å². The number of aromatic nitrogens is 3. The van der Waals surface area contributed by atoms with Crippen molar-refractivity contribution in [1.29, 1.82) is 0 Å². The lowest BCUT2D eigenvalue weighted by Crippen LogP contribution is -2.05. The molecule has 3 rings (SSSR count). The van der Waals surface area contributed by atoms with Crippen molar-refractivity contribution in [2.45, 2.75) is 24.0 Å². The second kappa shape index (κ2) is 5.85. The Morgan fingerprint density at radius 1 is 1.24 bits per heavy atom. The molecule has 0 amide bonds. The van der Waals surface area contributed by atoms with Crippen LogP contribution < -0.4 is 9.47 Å². The molecule has 0 aliphatic carbocycles. The van der Waals surface area contributed by atoms with Gasteiger partial charge in [0, 0.05) is 24.4 Å². The van der Waals surface area contributed by atoms with Crippen LogP contribution in [0.1, 0.15) is 18.1 Å². The van der Waals surface area contributed by atoms with E-state index in [4.69, 9.17) is 9.47 Å². The van der Waals surface area contributed by atoms with Crippen LogP contribution in [0.5, 0.6) is 11.5 Å². The summed E-state index contributed by atoms with van der Waals surface area (Å²) in [5.74, 6) is 3.21. The van der Waals surface area contributed by atoms with Crippen LogP contribution in [0, 0.1) is 6.92 Å². The number of ether oxygens (including phenoxy) is 2. The topological polar surface area (TPSA) is 66.2 Å². The first kappa shape index (κ1) is 14.1. The van der Waals surface area contributed by atoms with Gasteiger partial charge in [-0.2, -0.15) is 0 Å². The molecule has 1 unspecified atom stereocenters. The average molecular weight is 307 g/mol. The number of aryl methyl sites for hydroxylation is 1. The summed E-state index contributed by atoms with van der Waals surface area (Å²) in [7, 11) is 0.677. The van der Waals surface area contributed by atoms with Gasteiger partial charge in [-0.05, 0) is 19.1 Å². The van der Waals surface area contributed by atoms with Gasteiger partial charge in [-0.15, -0.1) is 10.2 Å². The maximum atomic E-state index is 12.5. The van der Waals surface area contributed by atoms with Crippen molar-refractivity contribution in [3.63, 3.8) is 0 Å². The van der Waals surface area contributed by atoms with Crippen LogP contribution in [-0.2, 0) is 23.6 Å². The normalized spacial score (nSPS) is 15.5. The number of hydrogen-bond acceptors (Lipinski definition) is 5. The highest BCUT2D eigenvalue weighted by atomic mass is 32.2. The maximum absolute atomic E-state index is 12.5. The minimum absolute atomic E-state index is 0.330. The monoisotopic (exact) mass is 307 g/mol. The quantitative estimate of drug-likeness (QED) is 0.861. The molecule has 0 spiro atoms. The van der Waals surface area contributed by atoms with Crippen molar-refractivity contribution >= 4 is 10.8 Å². The van der Waals surface area contributed by atoms with Crippen LogP contribution in [-0.4, -0.2) is 32.2 Å². The zero-order chi connectivity index (χ0) is 14.8. The summed E-state index contributed by atoms with van der Waals surface area (Å²) >= 11 is 0. The van der Waals surface area contributed by atoms with Crippen molar-refractivity contribution in [1.82, 2.24) is 14.8 Å². The molecule has 0 radical (unpaired) electrons. The lowest BCUT2D eigenvalue weighted by atomic mass is 10.3. The molecule has 2 heterocycles. The fourth-order valence-corrected chi connectivity index (χ4v) is 3.17. The van der Waals surface area contributed by atoms with Crippen molar-refractivity contribution in [3.8, 4) is 11.5 Å². The Balaban J connectivity index is 1.82. The zero-order valence-electron chi connectivity index (χ0n) is 12.0. The molecule has 7 heteroatoms. The second-order valence-corrected chi connectivity index (χ2v) is 6.32. The predicted octanol–water partition coefficient (Wildman–Crippen LogP) is 1.59. The number of rotatable bonds is 3. The molecule has 2 aromatic rings. The highest BCUT2D eigenvalue weighted by molar-refractivity contribution is 7.84. The molecule has 0 bridgehead atoms. The smallest absolute Gasteiger partial charge is 0.162 e. The molecule has 1 atom stereocenters. The summed E-state index contributed by atoms with van der Waals surface area (Å²) in [6.45, 7) is 3.13. The molecular formula is C14H17N3O3S. The minimum Gasteiger partial charge on any atom is -0.490 e. The molecule has 1 aromatic carbocycles. The number of fused-ring (bicyclic) bond motifs is 1. The largest absolute Gasteiger partial charge is 0.490 e. The number of nitrogens with zero attached hydrogens (tertiary/aromatic N) is 3. The molecular weight excluding hydrogens is 290 g/mol. The third-order valence-electron chi connectivity index (χ3n) is 3.42. The Morgan fingerprint density at radius 3 is 2.71 bits per heavy atom. The number of hydrogen-bond donors (Lipinski definition) is 0. The average Bonchev–Trinajstić information content (AvgIpc) is 2.71. The van der Waals surface area contributed by atoms with Gasteiger partial charge < -0.3 is 14.0 Å². The first-order valence-corrected chi connectivity index (χ1v) is 8.10. The van der Waals surface area contributed by atoms with Gasteiger partial charge in [-0.1, -0.05) is 0 Å². The summed E-state index contributed by atoms with van der Waals surface area (Å²) in [4.78, 5) is 0.708. The third kappa shape index (κ3) is 2.92. The van der Waals surface area contributed by atoms with Crippen LogP contribution in [0.3, 0.4) is 0 Å². The van der Waals surface area contributed by atoms with Gasteiger partial charge in [0.25, 0.3) is 0 Å². The molecule has 6 nitrogen and oxygen atoms in total. The molecule has 0 N–H and O–H groups in total. The molecule has 1 aliphatic rings.